The quantitative estimate of drug-likeness (QED) is 0.236. The third kappa shape index (κ3) is 7.46. The number of aromatic nitrogens is 1. The van der Waals surface area contributed by atoms with E-state index in [0.717, 1.165) is 81.3 Å². The molecule has 2 aliphatic heterocycles. The molecule has 2 aliphatic carbocycles. The van der Waals surface area contributed by atoms with E-state index in [1.165, 1.54) is 0 Å². The van der Waals surface area contributed by atoms with Crippen molar-refractivity contribution < 1.29 is 0 Å². The van der Waals surface area contributed by atoms with Crippen molar-refractivity contribution in [2.75, 3.05) is 6.54 Å². The first kappa shape index (κ1) is 32.2. The van der Waals surface area contributed by atoms with E-state index in [1.807, 2.05) is 49.5 Å². The minimum atomic E-state index is -0.628. The molecule has 6 rings (SSSR count). The van der Waals surface area contributed by atoms with Crippen molar-refractivity contribution in [1.29, 1.82) is 0 Å². The summed E-state index contributed by atoms with van der Waals surface area (Å²) in [4.78, 5) is 14.6. The Morgan fingerprint density at radius 1 is 1.10 bits per heavy atom. The first-order chi connectivity index (χ1) is 23.3. The van der Waals surface area contributed by atoms with E-state index >= 15 is 0 Å². The molecule has 2 aromatic rings. The van der Waals surface area contributed by atoms with Crippen LogP contribution in [0.5, 0.6) is 0 Å². The third-order valence-corrected chi connectivity index (χ3v) is 8.75. The molecule has 3 heterocycles. The molecule has 1 aromatic heterocycles. The molecule has 0 radical (unpaired) electrons. The van der Waals surface area contributed by atoms with Crippen LogP contribution in [0.2, 0.25) is 0 Å². The van der Waals surface area contributed by atoms with Gasteiger partial charge in [-0.3, -0.25) is 9.98 Å². The fraction of sp³-hybridized carbons (Fsp3) is 0.205. The Morgan fingerprint density at radius 2 is 1.96 bits per heavy atom. The number of dihydropyridines is 1. The van der Waals surface area contributed by atoms with Gasteiger partial charge in [0, 0.05) is 52.5 Å². The lowest BCUT2D eigenvalue weighted by Crippen LogP contribution is -2.23. The van der Waals surface area contributed by atoms with Crippen molar-refractivity contribution in [2.24, 2.45) is 33.0 Å². The molecular formula is C44H40N4. The minimum Gasteiger partial charge on any atom is -0.402 e. The number of nitrogens with zero attached hydrogens (tertiary/aromatic N) is 3. The zero-order chi connectivity index (χ0) is 33.5. The van der Waals surface area contributed by atoms with Crippen LogP contribution in [0.15, 0.2) is 154 Å². The van der Waals surface area contributed by atoms with E-state index in [9.17, 15) is 0 Å². The van der Waals surface area contributed by atoms with E-state index < -0.39 is 5.41 Å². The van der Waals surface area contributed by atoms with Crippen LogP contribution < -0.4 is 5.73 Å². The second-order valence-corrected chi connectivity index (χ2v) is 12.6. The maximum Gasteiger partial charge on any atom is 0.0875 e. The highest BCUT2D eigenvalue weighted by Gasteiger charge is 2.32. The molecular weight excluding hydrogens is 585 g/mol. The smallest absolute Gasteiger partial charge is 0.0875 e. The highest BCUT2D eigenvalue weighted by Crippen LogP contribution is 2.42. The summed E-state index contributed by atoms with van der Waals surface area (Å²) < 4.78 is 0. The molecule has 48 heavy (non-hydrogen) atoms. The zero-order valence-electron chi connectivity index (χ0n) is 27.9. The van der Waals surface area contributed by atoms with Gasteiger partial charge in [-0.05, 0) is 99.4 Å². The molecule has 0 spiro atoms. The van der Waals surface area contributed by atoms with E-state index in [-0.39, 0.29) is 11.8 Å². The van der Waals surface area contributed by atoms with Crippen LogP contribution in [0.1, 0.15) is 44.7 Å². The van der Waals surface area contributed by atoms with E-state index in [4.69, 9.17) is 15.7 Å². The SMILES string of the molecule is C=C/C=C\C=C(/N)[C@H]1C=C(C2=CC=CC(C)C#C2)C=C(C2(C)C#CC(C)=NC(c3cc(C4=NCCC=C4)cc(-c4ccccn4)c3)=C2)C1. The Morgan fingerprint density at radius 3 is 2.75 bits per heavy atom. The number of nitrogens with two attached hydrogens (primary N) is 1. The standard InChI is InChI=1S/C44H40N4/c1-5-6-7-15-40(45)35-24-34(33-14-12-13-31(2)18-19-33)28-39(29-35)44(4)21-20-32(3)48-43(30-44)38-26-36(41-16-8-10-22-46-41)25-37(27-38)42-17-9-11-23-47-42/h5-10,12-17,22,24-28,30-31,35H,1,11,23,29,45H2,2-4H3/b7-6-,40-15-/t31?,35-,44?/m0/s1. The summed E-state index contributed by atoms with van der Waals surface area (Å²) in [6.07, 6.45) is 28.3. The van der Waals surface area contributed by atoms with Crippen LogP contribution >= 0.6 is 0 Å². The molecule has 2 N–H and O–H groups in total. The second-order valence-electron chi connectivity index (χ2n) is 12.6. The molecule has 0 saturated carbocycles. The van der Waals surface area contributed by atoms with Crippen LogP contribution in [-0.2, 0) is 0 Å². The van der Waals surface area contributed by atoms with Gasteiger partial charge in [0.1, 0.15) is 0 Å². The average Bonchev–Trinajstić information content (AvgIpc) is 3.44. The van der Waals surface area contributed by atoms with Crippen LogP contribution in [0.3, 0.4) is 0 Å². The van der Waals surface area contributed by atoms with Gasteiger partial charge in [-0.2, -0.15) is 0 Å². The predicted octanol–water partition coefficient (Wildman–Crippen LogP) is 8.92. The lowest BCUT2D eigenvalue weighted by Gasteiger charge is -2.31. The zero-order valence-corrected chi connectivity index (χ0v) is 27.9. The largest absolute Gasteiger partial charge is 0.402 e. The molecule has 0 saturated heterocycles. The van der Waals surface area contributed by atoms with Gasteiger partial charge < -0.3 is 5.73 Å². The maximum absolute atomic E-state index is 6.74. The molecule has 2 unspecified atom stereocenters. The van der Waals surface area contributed by atoms with Gasteiger partial charge in [0.2, 0.25) is 0 Å². The molecule has 1 aromatic carbocycles. The van der Waals surface area contributed by atoms with Crippen molar-refractivity contribution in [3.8, 4) is 34.9 Å². The van der Waals surface area contributed by atoms with Crippen LogP contribution in [-0.4, -0.2) is 23.0 Å². The fourth-order valence-electron chi connectivity index (χ4n) is 6.08. The summed E-state index contributed by atoms with van der Waals surface area (Å²) in [7, 11) is 0. The number of hydrogen-bond acceptors (Lipinski definition) is 4. The monoisotopic (exact) mass is 624 g/mol. The van der Waals surface area contributed by atoms with Gasteiger partial charge in [-0.1, -0.05) is 84.9 Å². The normalized spacial score (nSPS) is 23.5. The Bertz CT molecular complexity index is 2070. The summed E-state index contributed by atoms with van der Waals surface area (Å²) >= 11 is 0. The van der Waals surface area contributed by atoms with E-state index in [2.05, 4.69) is 116 Å². The molecule has 0 bridgehead atoms. The first-order valence-corrected chi connectivity index (χ1v) is 16.5. The summed E-state index contributed by atoms with van der Waals surface area (Å²) in [6, 6.07) is 12.5. The van der Waals surface area contributed by atoms with E-state index in [0.29, 0.717) is 0 Å². The minimum absolute atomic E-state index is 0.0299. The Labute approximate surface area is 285 Å². The molecule has 0 amide bonds. The average molecular weight is 625 g/mol. The van der Waals surface area contributed by atoms with Crippen LogP contribution in [0.25, 0.3) is 17.0 Å². The van der Waals surface area contributed by atoms with Gasteiger partial charge in [-0.25, -0.2) is 4.99 Å². The van der Waals surface area contributed by atoms with Gasteiger partial charge in [0.25, 0.3) is 0 Å². The predicted molar refractivity (Wildman–Crippen MR) is 202 cm³/mol. The highest BCUT2D eigenvalue weighted by molar-refractivity contribution is 6.10. The Balaban J connectivity index is 1.48. The van der Waals surface area contributed by atoms with E-state index in [1.54, 1.807) is 6.08 Å². The second kappa shape index (κ2) is 14.4. The molecule has 4 heteroatoms. The van der Waals surface area contributed by atoms with Crippen LogP contribution in [0, 0.1) is 40.9 Å². The Kier molecular flexibility index (Phi) is 9.65. The number of pyridine rings is 1. The third-order valence-electron chi connectivity index (χ3n) is 8.75. The summed E-state index contributed by atoms with van der Waals surface area (Å²) in [5.41, 5.74) is 16.6. The summed E-state index contributed by atoms with van der Waals surface area (Å²) in [6.45, 7) is 10.8. The number of hydrogen-bond donors (Lipinski definition) is 1. The lowest BCUT2D eigenvalue weighted by atomic mass is 9.72. The number of aliphatic imine (C=N–C) groups is 2. The Hall–Kier alpha value is -5.71. The number of benzene rings is 1. The molecule has 4 nitrogen and oxygen atoms in total. The highest BCUT2D eigenvalue weighted by atomic mass is 14.8. The lowest BCUT2D eigenvalue weighted by molar-refractivity contribution is 0.592. The molecule has 0 fully saturated rings. The summed E-state index contributed by atoms with van der Waals surface area (Å²) in [5, 5.41) is 0. The molecule has 3 atom stereocenters. The van der Waals surface area contributed by atoms with Crippen LogP contribution in [0.4, 0.5) is 0 Å². The molecule has 236 valence electrons. The van der Waals surface area contributed by atoms with Gasteiger partial charge in [-0.15, -0.1) is 0 Å². The van der Waals surface area contributed by atoms with Gasteiger partial charge in [0.15, 0.2) is 0 Å². The maximum atomic E-state index is 6.74. The van der Waals surface area contributed by atoms with Gasteiger partial charge in [0.05, 0.1) is 28.2 Å². The fourth-order valence-corrected chi connectivity index (χ4v) is 6.08. The number of rotatable bonds is 8. The van der Waals surface area contributed by atoms with Crippen molar-refractivity contribution in [3.05, 3.63) is 156 Å². The molecule has 4 aliphatic rings. The topological polar surface area (TPSA) is 63.6 Å². The summed E-state index contributed by atoms with van der Waals surface area (Å²) in [5.74, 6) is 13.9. The first-order valence-electron chi connectivity index (χ1n) is 16.5. The number of allylic oxidation sites excluding steroid dienone is 14. The van der Waals surface area contributed by atoms with Gasteiger partial charge >= 0.3 is 0 Å². The van der Waals surface area contributed by atoms with Crippen molar-refractivity contribution in [1.82, 2.24) is 4.98 Å². The van der Waals surface area contributed by atoms with Crippen molar-refractivity contribution in [3.63, 3.8) is 0 Å². The van der Waals surface area contributed by atoms with Crippen molar-refractivity contribution >= 4 is 17.1 Å². The van der Waals surface area contributed by atoms with Crippen molar-refractivity contribution in [2.45, 2.75) is 33.6 Å².